The van der Waals surface area contributed by atoms with E-state index in [1.165, 1.54) is 11.2 Å². The molecule has 0 spiro atoms. The zero-order chi connectivity index (χ0) is 15.1. The second-order valence-electron chi connectivity index (χ2n) is 4.63. The lowest BCUT2D eigenvalue weighted by molar-refractivity contribution is -0.130. The fourth-order valence-electron chi connectivity index (χ4n) is 1.64. The normalized spacial score (nSPS) is 10.0. The Labute approximate surface area is 123 Å². The minimum absolute atomic E-state index is 0.0253. The van der Waals surface area contributed by atoms with Crippen LogP contribution in [0.1, 0.15) is 5.56 Å². The van der Waals surface area contributed by atoms with E-state index in [0.717, 1.165) is 11.4 Å². The van der Waals surface area contributed by atoms with E-state index in [0.29, 0.717) is 12.3 Å². The first-order chi connectivity index (χ1) is 10.2. The highest BCUT2D eigenvalue weighted by Gasteiger charge is 2.08. The van der Waals surface area contributed by atoms with Crippen LogP contribution in [0.15, 0.2) is 42.9 Å². The lowest BCUT2D eigenvalue weighted by atomic mass is 10.2. The number of aromatic nitrogens is 2. The molecule has 0 aliphatic carbocycles. The second kappa shape index (κ2) is 7.23. The SMILES string of the molecule is CN(C)C(=O)COc1ccccc1CNc1ccncn1. The van der Waals surface area contributed by atoms with Gasteiger partial charge in [0.15, 0.2) is 6.61 Å². The minimum atomic E-state index is -0.0754. The molecule has 0 atom stereocenters. The fraction of sp³-hybridized carbons (Fsp3) is 0.267. The summed E-state index contributed by atoms with van der Waals surface area (Å²) in [4.78, 5) is 21.0. The number of benzene rings is 1. The van der Waals surface area contributed by atoms with Crippen LogP contribution in [0.5, 0.6) is 5.75 Å². The number of hydrogen-bond donors (Lipinski definition) is 1. The van der Waals surface area contributed by atoms with Gasteiger partial charge in [0.2, 0.25) is 0 Å². The molecule has 0 saturated heterocycles. The highest BCUT2D eigenvalue weighted by atomic mass is 16.5. The lowest BCUT2D eigenvalue weighted by Crippen LogP contribution is -2.27. The van der Waals surface area contributed by atoms with Gasteiger partial charge in [-0.1, -0.05) is 18.2 Å². The monoisotopic (exact) mass is 286 g/mol. The molecule has 1 heterocycles. The molecule has 1 aromatic carbocycles. The summed E-state index contributed by atoms with van der Waals surface area (Å²) in [6.45, 7) is 0.584. The Kier molecular flexibility index (Phi) is 5.09. The van der Waals surface area contributed by atoms with E-state index < -0.39 is 0 Å². The van der Waals surface area contributed by atoms with Crippen LogP contribution < -0.4 is 10.1 Å². The molecule has 0 radical (unpaired) electrons. The van der Waals surface area contributed by atoms with Crippen LogP contribution in [0.3, 0.4) is 0 Å². The van der Waals surface area contributed by atoms with Crippen molar-refractivity contribution in [2.75, 3.05) is 26.0 Å². The minimum Gasteiger partial charge on any atom is -0.483 e. The van der Waals surface area contributed by atoms with E-state index in [2.05, 4.69) is 15.3 Å². The molecule has 110 valence electrons. The van der Waals surface area contributed by atoms with Gasteiger partial charge in [-0.3, -0.25) is 4.79 Å². The van der Waals surface area contributed by atoms with Crippen LogP contribution in [0.4, 0.5) is 5.82 Å². The maximum atomic E-state index is 11.6. The van der Waals surface area contributed by atoms with Crippen molar-refractivity contribution in [3.8, 4) is 5.75 Å². The predicted octanol–water partition coefficient (Wildman–Crippen LogP) is 1.56. The van der Waals surface area contributed by atoms with E-state index in [1.807, 2.05) is 24.3 Å². The van der Waals surface area contributed by atoms with Crippen molar-refractivity contribution in [2.24, 2.45) is 0 Å². The number of nitrogens with zero attached hydrogens (tertiary/aromatic N) is 3. The van der Waals surface area contributed by atoms with E-state index in [9.17, 15) is 4.79 Å². The average Bonchev–Trinajstić information content (AvgIpc) is 2.52. The number of likely N-dealkylation sites (N-methyl/N-ethyl adjacent to an activating group) is 1. The fourth-order valence-corrected chi connectivity index (χ4v) is 1.64. The molecule has 6 heteroatoms. The van der Waals surface area contributed by atoms with Gasteiger partial charge in [0.05, 0.1) is 0 Å². The first-order valence-electron chi connectivity index (χ1n) is 6.57. The number of carbonyl (C=O) groups excluding carboxylic acids is 1. The van der Waals surface area contributed by atoms with Crippen LogP contribution in [-0.2, 0) is 11.3 Å². The van der Waals surface area contributed by atoms with Crippen molar-refractivity contribution in [1.29, 1.82) is 0 Å². The van der Waals surface area contributed by atoms with Gasteiger partial charge in [-0.15, -0.1) is 0 Å². The first kappa shape index (κ1) is 14.8. The van der Waals surface area contributed by atoms with Crippen molar-refractivity contribution >= 4 is 11.7 Å². The maximum absolute atomic E-state index is 11.6. The van der Waals surface area contributed by atoms with Crippen LogP contribution in [0, 0.1) is 0 Å². The number of para-hydroxylation sites is 1. The van der Waals surface area contributed by atoms with Crippen LogP contribution >= 0.6 is 0 Å². The summed E-state index contributed by atoms with van der Waals surface area (Å²) >= 11 is 0. The zero-order valence-electron chi connectivity index (χ0n) is 12.1. The van der Waals surface area contributed by atoms with Crippen molar-refractivity contribution in [2.45, 2.75) is 6.54 Å². The zero-order valence-corrected chi connectivity index (χ0v) is 12.1. The highest BCUT2D eigenvalue weighted by molar-refractivity contribution is 5.77. The molecule has 0 aliphatic heterocycles. The van der Waals surface area contributed by atoms with Gasteiger partial charge in [0, 0.05) is 32.4 Å². The molecule has 21 heavy (non-hydrogen) atoms. The van der Waals surface area contributed by atoms with E-state index in [-0.39, 0.29) is 12.5 Å². The van der Waals surface area contributed by atoms with Crippen molar-refractivity contribution in [3.63, 3.8) is 0 Å². The number of amides is 1. The predicted molar refractivity (Wildman–Crippen MR) is 80.0 cm³/mol. The Hall–Kier alpha value is -2.63. The smallest absolute Gasteiger partial charge is 0.259 e. The highest BCUT2D eigenvalue weighted by Crippen LogP contribution is 2.19. The summed E-state index contributed by atoms with van der Waals surface area (Å²) in [6, 6.07) is 9.39. The third-order valence-electron chi connectivity index (χ3n) is 2.86. The molecule has 2 aromatic rings. The summed E-state index contributed by atoms with van der Waals surface area (Å²) in [7, 11) is 3.41. The Morgan fingerprint density at radius 2 is 2.10 bits per heavy atom. The molecule has 2 rings (SSSR count). The van der Waals surface area contributed by atoms with Gasteiger partial charge < -0.3 is 15.0 Å². The largest absolute Gasteiger partial charge is 0.483 e. The van der Waals surface area contributed by atoms with E-state index in [1.54, 1.807) is 26.4 Å². The molecule has 0 saturated carbocycles. The van der Waals surface area contributed by atoms with Crippen LogP contribution in [-0.4, -0.2) is 41.5 Å². The third-order valence-corrected chi connectivity index (χ3v) is 2.86. The molecular formula is C15H18N4O2. The number of rotatable bonds is 6. The number of anilines is 1. The van der Waals surface area contributed by atoms with Crippen LogP contribution in [0.2, 0.25) is 0 Å². The lowest BCUT2D eigenvalue weighted by Gasteiger charge is -2.14. The number of ether oxygens (including phenoxy) is 1. The molecule has 0 unspecified atom stereocenters. The number of nitrogens with one attached hydrogen (secondary N) is 1. The molecule has 1 aromatic heterocycles. The Bertz CT molecular complexity index is 587. The van der Waals surface area contributed by atoms with Gasteiger partial charge in [0.1, 0.15) is 17.9 Å². The van der Waals surface area contributed by atoms with Gasteiger partial charge in [-0.05, 0) is 12.1 Å². The van der Waals surface area contributed by atoms with E-state index >= 15 is 0 Å². The number of hydrogen-bond acceptors (Lipinski definition) is 5. The topological polar surface area (TPSA) is 67.3 Å². The van der Waals surface area contributed by atoms with Crippen molar-refractivity contribution in [3.05, 3.63) is 48.4 Å². The summed E-state index contributed by atoms with van der Waals surface area (Å²) < 4.78 is 5.58. The first-order valence-corrected chi connectivity index (χ1v) is 6.57. The maximum Gasteiger partial charge on any atom is 0.259 e. The van der Waals surface area contributed by atoms with Gasteiger partial charge in [-0.2, -0.15) is 0 Å². The summed E-state index contributed by atoms with van der Waals surface area (Å²) in [5.74, 6) is 1.35. The quantitative estimate of drug-likeness (QED) is 0.872. The Morgan fingerprint density at radius 1 is 1.29 bits per heavy atom. The summed E-state index contributed by atoms with van der Waals surface area (Å²) in [5, 5.41) is 3.19. The molecule has 1 N–H and O–H groups in total. The molecular weight excluding hydrogens is 268 g/mol. The van der Waals surface area contributed by atoms with E-state index in [4.69, 9.17) is 4.74 Å². The second-order valence-corrected chi connectivity index (χ2v) is 4.63. The van der Waals surface area contributed by atoms with Crippen molar-refractivity contribution in [1.82, 2.24) is 14.9 Å². The Balaban J connectivity index is 1.98. The molecule has 6 nitrogen and oxygen atoms in total. The van der Waals surface area contributed by atoms with Gasteiger partial charge in [0.25, 0.3) is 5.91 Å². The summed E-state index contributed by atoms with van der Waals surface area (Å²) in [6.07, 6.45) is 3.16. The van der Waals surface area contributed by atoms with Crippen molar-refractivity contribution < 1.29 is 9.53 Å². The molecule has 0 bridgehead atoms. The van der Waals surface area contributed by atoms with Crippen LogP contribution in [0.25, 0.3) is 0 Å². The molecule has 0 aliphatic rings. The third kappa shape index (κ3) is 4.45. The molecule has 0 fully saturated rings. The molecule has 1 amide bonds. The number of carbonyl (C=O) groups is 1. The van der Waals surface area contributed by atoms with Gasteiger partial charge in [-0.25, -0.2) is 9.97 Å². The summed E-state index contributed by atoms with van der Waals surface area (Å²) in [5.41, 5.74) is 0.961. The van der Waals surface area contributed by atoms with Gasteiger partial charge >= 0.3 is 0 Å². The standard InChI is InChI=1S/C15H18N4O2/c1-19(2)15(20)10-21-13-6-4-3-5-12(13)9-17-14-7-8-16-11-18-14/h3-8,11H,9-10H2,1-2H3,(H,16,17,18). The average molecular weight is 286 g/mol. The Morgan fingerprint density at radius 3 is 2.81 bits per heavy atom.